The highest BCUT2D eigenvalue weighted by Crippen LogP contribution is 2.55. The lowest BCUT2D eigenvalue weighted by Gasteiger charge is -2.40. The third-order valence-corrected chi connectivity index (χ3v) is 6.82. The molecule has 1 amide bonds. The fraction of sp³-hybridized carbons (Fsp3) is 0.320. The molecule has 2 heterocycles. The Bertz CT molecular complexity index is 1320. The van der Waals surface area contributed by atoms with Gasteiger partial charge < -0.3 is 19.4 Å². The molecule has 0 saturated heterocycles. The Kier molecular flexibility index (Phi) is 4.58. The number of aromatic nitrogens is 1. The molecule has 2 aromatic carbocycles. The average Bonchev–Trinajstić information content (AvgIpc) is 3.60. The Balaban J connectivity index is 1.68. The van der Waals surface area contributed by atoms with E-state index in [1.165, 1.54) is 14.2 Å². The number of amides is 1. The molecule has 164 valence electrons. The number of esters is 1. The lowest BCUT2D eigenvalue weighted by molar-refractivity contribution is -0.146. The second kappa shape index (κ2) is 7.22. The normalized spacial score (nSPS) is 18.3. The van der Waals surface area contributed by atoms with Gasteiger partial charge in [-0.25, -0.2) is 4.79 Å². The maximum absolute atomic E-state index is 13.9. The predicted octanol–water partition coefficient (Wildman–Crippen LogP) is 3.25. The van der Waals surface area contributed by atoms with Gasteiger partial charge in [-0.3, -0.25) is 9.59 Å². The van der Waals surface area contributed by atoms with Crippen LogP contribution in [-0.4, -0.2) is 42.5 Å². The molecular formula is C25H24N2O5. The number of nitrogens with one attached hydrogen (secondary N) is 1. The van der Waals surface area contributed by atoms with Gasteiger partial charge in [0.05, 0.1) is 19.7 Å². The second-order valence-corrected chi connectivity index (χ2v) is 8.56. The third kappa shape index (κ3) is 2.84. The number of ether oxygens (including phenoxy) is 2. The summed E-state index contributed by atoms with van der Waals surface area (Å²) in [6, 6.07) is 12.0. The SMILES string of the molecule is COC(=O)C1c2ccccc2C2(CC2)CN1C(=O)c1[nH]c2c(OC)cccc2c(=O)c1C. The van der Waals surface area contributed by atoms with E-state index in [1.807, 2.05) is 24.3 Å². The molecule has 1 aliphatic heterocycles. The number of pyridine rings is 1. The zero-order chi connectivity index (χ0) is 22.6. The summed E-state index contributed by atoms with van der Waals surface area (Å²) in [6.45, 7) is 2.02. The molecule has 7 heteroatoms. The van der Waals surface area contributed by atoms with Gasteiger partial charge in [-0.1, -0.05) is 30.3 Å². The molecule has 5 rings (SSSR count). The number of hydrogen-bond donors (Lipinski definition) is 1. The number of nitrogens with zero attached hydrogens (tertiary/aromatic N) is 1. The molecule has 1 aliphatic carbocycles. The van der Waals surface area contributed by atoms with E-state index in [4.69, 9.17) is 9.47 Å². The molecule has 1 N–H and O–H groups in total. The summed E-state index contributed by atoms with van der Waals surface area (Å²) in [5.74, 6) is -0.427. The molecule has 3 aromatic rings. The molecule has 0 radical (unpaired) electrons. The number of carbonyl (C=O) groups is 2. The summed E-state index contributed by atoms with van der Waals surface area (Å²) in [7, 11) is 2.84. The van der Waals surface area contributed by atoms with Crippen molar-refractivity contribution in [1.82, 2.24) is 9.88 Å². The molecule has 1 aromatic heterocycles. The van der Waals surface area contributed by atoms with Crippen molar-refractivity contribution in [1.29, 1.82) is 0 Å². The van der Waals surface area contributed by atoms with Crippen molar-refractivity contribution in [3.8, 4) is 5.75 Å². The Labute approximate surface area is 184 Å². The summed E-state index contributed by atoms with van der Waals surface area (Å²) < 4.78 is 10.5. The standard InChI is InChI=1S/C25H24N2O5/c1-14-19(26-20-16(22(14)28)8-6-10-18(20)31-2)23(29)27-13-25(11-12-25)17-9-5-4-7-15(17)21(27)24(30)32-3/h4-10,21H,11-13H2,1-3H3,(H,26,28). The first-order valence-electron chi connectivity index (χ1n) is 10.6. The lowest BCUT2D eigenvalue weighted by Crippen LogP contribution is -2.48. The Morgan fingerprint density at radius 1 is 1.09 bits per heavy atom. The molecule has 32 heavy (non-hydrogen) atoms. The van der Waals surface area contributed by atoms with Gasteiger partial charge in [0.2, 0.25) is 0 Å². The number of fused-ring (bicyclic) bond motifs is 3. The van der Waals surface area contributed by atoms with E-state index in [9.17, 15) is 14.4 Å². The molecule has 2 aliphatic rings. The first-order chi connectivity index (χ1) is 15.4. The monoisotopic (exact) mass is 432 g/mol. The minimum absolute atomic E-state index is 0.153. The fourth-order valence-electron chi connectivity index (χ4n) is 4.93. The van der Waals surface area contributed by atoms with Crippen molar-refractivity contribution in [2.24, 2.45) is 0 Å². The molecule has 1 spiro atoms. The predicted molar refractivity (Wildman–Crippen MR) is 119 cm³/mol. The number of benzene rings is 2. The molecular weight excluding hydrogens is 408 g/mol. The van der Waals surface area contributed by atoms with Crippen LogP contribution in [0.15, 0.2) is 47.3 Å². The van der Waals surface area contributed by atoms with E-state index in [0.29, 0.717) is 28.8 Å². The molecule has 7 nitrogen and oxygen atoms in total. The zero-order valence-electron chi connectivity index (χ0n) is 18.2. The van der Waals surface area contributed by atoms with Crippen LogP contribution in [0.4, 0.5) is 0 Å². The van der Waals surface area contributed by atoms with Crippen molar-refractivity contribution in [3.63, 3.8) is 0 Å². The van der Waals surface area contributed by atoms with Crippen molar-refractivity contribution >= 4 is 22.8 Å². The van der Waals surface area contributed by atoms with Crippen LogP contribution in [0.2, 0.25) is 0 Å². The van der Waals surface area contributed by atoms with Gasteiger partial charge in [0.15, 0.2) is 11.5 Å². The van der Waals surface area contributed by atoms with Gasteiger partial charge in [0.1, 0.15) is 11.4 Å². The molecule has 1 atom stereocenters. The number of hydrogen-bond acceptors (Lipinski definition) is 5. The van der Waals surface area contributed by atoms with Gasteiger partial charge in [-0.15, -0.1) is 0 Å². The van der Waals surface area contributed by atoms with Gasteiger partial charge >= 0.3 is 5.97 Å². The number of para-hydroxylation sites is 1. The van der Waals surface area contributed by atoms with Crippen LogP contribution in [0.3, 0.4) is 0 Å². The molecule has 1 unspecified atom stereocenters. The van der Waals surface area contributed by atoms with Gasteiger partial charge in [0.25, 0.3) is 5.91 Å². The first kappa shape index (κ1) is 20.3. The Morgan fingerprint density at radius 2 is 1.84 bits per heavy atom. The highest BCUT2D eigenvalue weighted by atomic mass is 16.5. The van der Waals surface area contributed by atoms with Crippen LogP contribution >= 0.6 is 0 Å². The summed E-state index contributed by atoms with van der Waals surface area (Å²) in [5, 5.41) is 0.450. The number of carbonyl (C=O) groups excluding carboxylic acids is 2. The van der Waals surface area contributed by atoms with E-state index >= 15 is 0 Å². The molecule has 1 fully saturated rings. The summed E-state index contributed by atoms with van der Waals surface area (Å²) in [6.07, 6.45) is 1.89. The Hall–Kier alpha value is -3.61. The number of aromatic amines is 1. The van der Waals surface area contributed by atoms with Crippen molar-refractivity contribution in [2.75, 3.05) is 20.8 Å². The highest BCUT2D eigenvalue weighted by molar-refractivity contribution is 6.00. The topological polar surface area (TPSA) is 88.7 Å². The minimum Gasteiger partial charge on any atom is -0.495 e. The van der Waals surface area contributed by atoms with Crippen LogP contribution in [0.25, 0.3) is 10.9 Å². The maximum Gasteiger partial charge on any atom is 0.333 e. The van der Waals surface area contributed by atoms with Gasteiger partial charge in [0, 0.05) is 22.9 Å². The molecule has 1 saturated carbocycles. The average molecular weight is 432 g/mol. The van der Waals surface area contributed by atoms with Crippen molar-refractivity contribution in [3.05, 3.63) is 75.1 Å². The van der Waals surface area contributed by atoms with Crippen LogP contribution < -0.4 is 10.2 Å². The summed E-state index contributed by atoms with van der Waals surface area (Å²) in [4.78, 5) is 44.5. The number of H-pyrrole nitrogens is 1. The highest BCUT2D eigenvalue weighted by Gasteiger charge is 2.54. The zero-order valence-corrected chi connectivity index (χ0v) is 18.2. The van der Waals surface area contributed by atoms with Crippen molar-refractivity contribution in [2.45, 2.75) is 31.2 Å². The van der Waals surface area contributed by atoms with E-state index in [-0.39, 0.29) is 16.5 Å². The minimum atomic E-state index is -0.869. The van der Waals surface area contributed by atoms with Crippen molar-refractivity contribution < 1.29 is 19.1 Å². The Morgan fingerprint density at radius 3 is 2.53 bits per heavy atom. The third-order valence-electron chi connectivity index (χ3n) is 6.82. The largest absolute Gasteiger partial charge is 0.495 e. The quantitative estimate of drug-likeness (QED) is 0.642. The fourth-order valence-corrected chi connectivity index (χ4v) is 4.93. The maximum atomic E-state index is 13.9. The number of rotatable bonds is 3. The summed E-state index contributed by atoms with van der Waals surface area (Å²) in [5.41, 5.74) is 2.43. The summed E-state index contributed by atoms with van der Waals surface area (Å²) >= 11 is 0. The molecule has 0 bridgehead atoms. The number of methoxy groups -OCH3 is 2. The van der Waals surface area contributed by atoms with Crippen LogP contribution in [0, 0.1) is 6.92 Å². The van der Waals surface area contributed by atoms with Crippen LogP contribution in [-0.2, 0) is 14.9 Å². The second-order valence-electron chi connectivity index (χ2n) is 8.56. The van der Waals surface area contributed by atoms with E-state index < -0.39 is 17.9 Å². The van der Waals surface area contributed by atoms with E-state index in [1.54, 1.807) is 30.0 Å². The first-order valence-corrected chi connectivity index (χ1v) is 10.6. The smallest absolute Gasteiger partial charge is 0.333 e. The van der Waals surface area contributed by atoms with Crippen LogP contribution in [0.5, 0.6) is 5.75 Å². The van der Waals surface area contributed by atoms with Crippen LogP contribution in [0.1, 0.15) is 46.1 Å². The van der Waals surface area contributed by atoms with E-state index in [2.05, 4.69) is 4.98 Å². The van der Waals surface area contributed by atoms with Gasteiger partial charge in [-0.2, -0.15) is 0 Å². The van der Waals surface area contributed by atoms with E-state index in [0.717, 1.165) is 24.0 Å². The van der Waals surface area contributed by atoms with Gasteiger partial charge in [-0.05, 0) is 43.0 Å². The lowest BCUT2D eigenvalue weighted by atomic mass is 9.82.